The summed E-state index contributed by atoms with van der Waals surface area (Å²) in [5.74, 6) is -0.191. The molecule has 21 heavy (non-hydrogen) atoms. The maximum Gasteiger partial charge on any atom is 0.325 e. The number of rotatable bonds is 4. The Morgan fingerprint density at radius 3 is 3.00 bits per heavy atom. The summed E-state index contributed by atoms with van der Waals surface area (Å²) in [6.45, 7) is 4.43. The number of esters is 1. The third-order valence-corrected chi connectivity index (χ3v) is 3.80. The van der Waals surface area contributed by atoms with Crippen LogP contribution in [0.3, 0.4) is 0 Å². The molecule has 0 spiro atoms. The minimum absolute atomic E-state index is 0.191. The van der Waals surface area contributed by atoms with Crippen molar-refractivity contribution in [3.8, 4) is 0 Å². The van der Waals surface area contributed by atoms with Gasteiger partial charge in [-0.15, -0.1) is 0 Å². The van der Waals surface area contributed by atoms with Gasteiger partial charge in [-0.3, -0.25) is 4.79 Å². The molecule has 0 unspecified atom stereocenters. The Balaban J connectivity index is 2.01. The second kappa shape index (κ2) is 6.14. The summed E-state index contributed by atoms with van der Waals surface area (Å²) in [5, 5.41) is 4.53. The zero-order chi connectivity index (χ0) is 14.7. The van der Waals surface area contributed by atoms with E-state index < -0.39 is 0 Å². The molecule has 1 aliphatic rings. The minimum atomic E-state index is -0.191. The number of hydrogen-bond donors (Lipinski definition) is 1. The van der Waals surface area contributed by atoms with Crippen LogP contribution in [0.5, 0.6) is 0 Å². The number of aromatic nitrogens is 1. The Labute approximate surface area is 124 Å². The standard InChI is InChI=1S/C17H20N2O2/c1-2-21-17(20)12-19-11-15(13-7-9-18-10-8-13)14-5-3-4-6-16(14)19/h3-7,11,18H,2,8-10,12H2,1H3. The molecule has 0 amide bonds. The summed E-state index contributed by atoms with van der Waals surface area (Å²) >= 11 is 0. The normalized spacial score (nSPS) is 15.0. The van der Waals surface area contributed by atoms with Crippen LogP contribution in [0.4, 0.5) is 0 Å². The number of fused-ring (bicyclic) bond motifs is 1. The molecular formula is C17H20N2O2. The summed E-state index contributed by atoms with van der Waals surface area (Å²) < 4.78 is 7.06. The van der Waals surface area contributed by atoms with Gasteiger partial charge in [-0.25, -0.2) is 0 Å². The Morgan fingerprint density at radius 1 is 1.38 bits per heavy atom. The van der Waals surface area contributed by atoms with E-state index in [2.05, 4.69) is 29.7 Å². The fourth-order valence-electron chi connectivity index (χ4n) is 2.85. The molecule has 2 aromatic rings. The van der Waals surface area contributed by atoms with Crippen molar-refractivity contribution in [1.29, 1.82) is 0 Å². The molecule has 1 N–H and O–H groups in total. The zero-order valence-corrected chi connectivity index (χ0v) is 12.3. The predicted octanol–water partition coefficient (Wildman–Crippen LogP) is 2.58. The van der Waals surface area contributed by atoms with Crippen LogP contribution in [0, 0.1) is 0 Å². The van der Waals surface area contributed by atoms with Crippen LogP contribution in [0.2, 0.25) is 0 Å². The van der Waals surface area contributed by atoms with Crippen molar-refractivity contribution in [3.63, 3.8) is 0 Å². The van der Waals surface area contributed by atoms with Crippen LogP contribution in [-0.4, -0.2) is 30.2 Å². The van der Waals surface area contributed by atoms with Crippen LogP contribution < -0.4 is 5.32 Å². The third kappa shape index (κ3) is 2.85. The number of nitrogens with one attached hydrogen (secondary N) is 1. The molecular weight excluding hydrogens is 264 g/mol. The first-order chi connectivity index (χ1) is 10.3. The van der Waals surface area contributed by atoms with Crippen molar-refractivity contribution >= 4 is 22.4 Å². The van der Waals surface area contributed by atoms with Crippen molar-refractivity contribution in [2.24, 2.45) is 0 Å². The first-order valence-corrected chi connectivity index (χ1v) is 7.43. The lowest BCUT2D eigenvalue weighted by Gasteiger charge is -2.13. The Kier molecular flexibility index (Phi) is 4.06. The number of para-hydroxylation sites is 1. The molecule has 4 heteroatoms. The Hall–Kier alpha value is -2.07. The third-order valence-electron chi connectivity index (χ3n) is 3.80. The molecule has 0 saturated carbocycles. The number of carbonyl (C=O) groups is 1. The van der Waals surface area contributed by atoms with Gasteiger partial charge in [0.25, 0.3) is 0 Å². The van der Waals surface area contributed by atoms with Gasteiger partial charge in [-0.05, 0) is 31.5 Å². The van der Waals surface area contributed by atoms with E-state index in [0.717, 1.165) is 25.0 Å². The van der Waals surface area contributed by atoms with Gasteiger partial charge in [0.15, 0.2) is 0 Å². The highest BCUT2D eigenvalue weighted by atomic mass is 16.5. The fraction of sp³-hybridized carbons (Fsp3) is 0.353. The van der Waals surface area contributed by atoms with Crippen molar-refractivity contribution in [3.05, 3.63) is 42.1 Å². The quantitative estimate of drug-likeness (QED) is 0.878. The minimum Gasteiger partial charge on any atom is -0.465 e. The Morgan fingerprint density at radius 2 is 2.24 bits per heavy atom. The lowest BCUT2D eigenvalue weighted by molar-refractivity contribution is -0.143. The first-order valence-electron chi connectivity index (χ1n) is 7.43. The van der Waals surface area contributed by atoms with Gasteiger partial charge in [0.2, 0.25) is 0 Å². The van der Waals surface area contributed by atoms with Crippen molar-refractivity contribution in [2.75, 3.05) is 19.7 Å². The topological polar surface area (TPSA) is 43.3 Å². The summed E-state index contributed by atoms with van der Waals surface area (Å²) in [6, 6.07) is 8.22. The summed E-state index contributed by atoms with van der Waals surface area (Å²) in [6.07, 6.45) is 5.34. The molecule has 0 radical (unpaired) electrons. The molecule has 2 heterocycles. The molecule has 4 nitrogen and oxygen atoms in total. The van der Waals surface area contributed by atoms with Crippen LogP contribution >= 0.6 is 0 Å². The summed E-state index contributed by atoms with van der Waals surface area (Å²) in [7, 11) is 0. The zero-order valence-electron chi connectivity index (χ0n) is 12.3. The van der Waals surface area contributed by atoms with E-state index in [1.165, 1.54) is 16.5 Å². The largest absolute Gasteiger partial charge is 0.465 e. The van der Waals surface area contributed by atoms with Crippen LogP contribution in [-0.2, 0) is 16.1 Å². The lowest BCUT2D eigenvalue weighted by atomic mass is 10.00. The second-order valence-corrected chi connectivity index (χ2v) is 5.18. The van der Waals surface area contributed by atoms with Gasteiger partial charge >= 0.3 is 5.97 Å². The van der Waals surface area contributed by atoms with Gasteiger partial charge in [0.05, 0.1) is 6.61 Å². The van der Waals surface area contributed by atoms with E-state index >= 15 is 0 Å². The molecule has 0 saturated heterocycles. The average molecular weight is 284 g/mol. The van der Waals surface area contributed by atoms with Crippen LogP contribution in [0.25, 0.3) is 16.5 Å². The summed E-state index contributed by atoms with van der Waals surface area (Å²) in [4.78, 5) is 11.8. The predicted molar refractivity (Wildman–Crippen MR) is 84.0 cm³/mol. The molecule has 1 aromatic carbocycles. The highest BCUT2D eigenvalue weighted by Gasteiger charge is 2.15. The number of benzene rings is 1. The monoisotopic (exact) mass is 284 g/mol. The van der Waals surface area contributed by atoms with Gasteiger partial charge in [0, 0.05) is 29.2 Å². The highest BCUT2D eigenvalue weighted by Crippen LogP contribution is 2.29. The van der Waals surface area contributed by atoms with E-state index in [1.54, 1.807) is 0 Å². The molecule has 1 aliphatic heterocycles. The molecule has 0 atom stereocenters. The van der Waals surface area contributed by atoms with Gasteiger partial charge in [-0.1, -0.05) is 24.3 Å². The fourth-order valence-corrected chi connectivity index (χ4v) is 2.85. The molecule has 0 bridgehead atoms. The van der Waals surface area contributed by atoms with Crippen LogP contribution in [0.1, 0.15) is 18.9 Å². The van der Waals surface area contributed by atoms with Crippen molar-refractivity contribution < 1.29 is 9.53 Å². The first kappa shape index (κ1) is 13.9. The van der Waals surface area contributed by atoms with E-state index in [9.17, 15) is 4.79 Å². The van der Waals surface area contributed by atoms with E-state index in [0.29, 0.717) is 6.61 Å². The van der Waals surface area contributed by atoms with Crippen LogP contribution in [0.15, 0.2) is 36.5 Å². The Bertz CT molecular complexity index is 685. The van der Waals surface area contributed by atoms with Crippen molar-refractivity contribution in [1.82, 2.24) is 9.88 Å². The average Bonchev–Trinajstić information content (AvgIpc) is 2.87. The smallest absolute Gasteiger partial charge is 0.325 e. The number of ether oxygens (including phenoxy) is 1. The highest BCUT2D eigenvalue weighted by molar-refractivity contribution is 5.94. The lowest BCUT2D eigenvalue weighted by Crippen LogP contribution is -2.20. The molecule has 3 rings (SSSR count). The van der Waals surface area contributed by atoms with Gasteiger partial charge < -0.3 is 14.6 Å². The number of hydrogen-bond acceptors (Lipinski definition) is 3. The van der Waals surface area contributed by atoms with E-state index in [1.807, 2.05) is 23.6 Å². The summed E-state index contributed by atoms with van der Waals surface area (Å²) in [5.41, 5.74) is 3.67. The maximum absolute atomic E-state index is 11.8. The molecule has 0 aliphatic carbocycles. The molecule has 0 fully saturated rings. The van der Waals surface area contributed by atoms with E-state index in [-0.39, 0.29) is 12.5 Å². The SMILES string of the molecule is CCOC(=O)Cn1cc(C2=CCNCC2)c2ccccc21. The van der Waals surface area contributed by atoms with Gasteiger partial charge in [-0.2, -0.15) is 0 Å². The number of carbonyl (C=O) groups excluding carboxylic acids is 1. The second-order valence-electron chi connectivity index (χ2n) is 5.18. The van der Waals surface area contributed by atoms with E-state index in [4.69, 9.17) is 4.74 Å². The maximum atomic E-state index is 11.8. The number of nitrogens with zero attached hydrogens (tertiary/aromatic N) is 1. The molecule has 110 valence electrons. The van der Waals surface area contributed by atoms with Crippen molar-refractivity contribution in [2.45, 2.75) is 19.9 Å². The van der Waals surface area contributed by atoms with Gasteiger partial charge in [0.1, 0.15) is 6.54 Å². The molecule has 1 aromatic heterocycles.